The number of rotatable bonds is 3. The second-order valence-electron chi connectivity index (χ2n) is 3.70. The lowest BCUT2D eigenvalue weighted by atomic mass is 10.2. The first-order valence-electron chi connectivity index (χ1n) is 5.14. The first-order valence-corrected chi connectivity index (χ1v) is 6.81. The van der Waals surface area contributed by atoms with E-state index >= 15 is 0 Å². The van der Waals surface area contributed by atoms with Crippen LogP contribution in [0.5, 0.6) is 11.5 Å². The molecule has 1 N–H and O–H groups in total. The highest BCUT2D eigenvalue weighted by atomic mass is 79.9. The van der Waals surface area contributed by atoms with E-state index in [0.29, 0.717) is 0 Å². The van der Waals surface area contributed by atoms with Crippen molar-refractivity contribution in [3.63, 3.8) is 0 Å². The van der Waals surface area contributed by atoms with Gasteiger partial charge < -0.3 is 9.84 Å². The molecule has 8 heteroatoms. The van der Waals surface area contributed by atoms with Crippen molar-refractivity contribution in [2.75, 3.05) is 0 Å². The first kappa shape index (κ1) is 14.9. The minimum atomic E-state index is -4.43. The van der Waals surface area contributed by atoms with Crippen LogP contribution in [0.15, 0.2) is 34.1 Å². The molecule has 106 valence electrons. The zero-order valence-corrected chi connectivity index (χ0v) is 12.0. The molecule has 1 aromatic heterocycles. The Labute approximate surface area is 123 Å². The molecule has 0 aliphatic rings. The van der Waals surface area contributed by atoms with Gasteiger partial charge in [-0.15, -0.1) is 11.3 Å². The van der Waals surface area contributed by atoms with Gasteiger partial charge in [-0.05, 0) is 34.1 Å². The van der Waals surface area contributed by atoms with Crippen molar-refractivity contribution in [1.29, 1.82) is 0 Å². The van der Waals surface area contributed by atoms with Gasteiger partial charge in [0.25, 0.3) is 0 Å². The Balaban J connectivity index is 2.23. The van der Waals surface area contributed by atoms with Crippen molar-refractivity contribution < 1.29 is 27.8 Å². The third-order valence-corrected chi connectivity index (χ3v) is 3.79. The quantitative estimate of drug-likeness (QED) is 0.829. The van der Waals surface area contributed by atoms with Crippen LogP contribution in [-0.2, 0) is 6.18 Å². The molecular formula is C12H6BrF3O3S. The lowest BCUT2D eigenvalue weighted by Crippen LogP contribution is -2.04. The highest BCUT2D eigenvalue weighted by Crippen LogP contribution is 2.37. The van der Waals surface area contributed by atoms with Crippen molar-refractivity contribution in [2.24, 2.45) is 0 Å². The number of hydrogen-bond donors (Lipinski definition) is 1. The van der Waals surface area contributed by atoms with Gasteiger partial charge in [-0.2, -0.15) is 13.2 Å². The number of thiophene rings is 1. The average Bonchev–Trinajstić information content (AvgIpc) is 2.79. The number of hydrogen-bond acceptors (Lipinski definition) is 3. The van der Waals surface area contributed by atoms with Crippen molar-refractivity contribution in [2.45, 2.75) is 6.18 Å². The fourth-order valence-corrected chi connectivity index (χ4v) is 2.48. The van der Waals surface area contributed by atoms with Gasteiger partial charge in [0.2, 0.25) is 0 Å². The fourth-order valence-electron chi connectivity index (χ4n) is 1.37. The average molecular weight is 367 g/mol. The van der Waals surface area contributed by atoms with E-state index in [-0.39, 0.29) is 20.8 Å². The topological polar surface area (TPSA) is 46.5 Å². The number of carbonyl (C=O) groups is 1. The van der Waals surface area contributed by atoms with Gasteiger partial charge in [0, 0.05) is 11.4 Å². The van der Waals surface area contributed by atoms with Crippen LogP contribution in [0.2, 0.25) is 0 Å². The summed E-state index contributed by atoms with van der Waals surface area (Å²) in [5.74, 6) is -0.656. The van der Waals surface area contributed by atoms with E-state index in [1.807, 2.05) is 0 Å². The molecule has 0 saturated heterocycles. The number of halogens is 4. The first-order chi connectivity index (χ1) is 9.27. The normalized spacial score (nSPS) is 11.4. The van der Waals surface area contributed by atoms with Crippen LogP contribution < -0.4 is 4.74 Å². The van der Waals surface area contributed by atoms with Crippen LogP contribution in [0.1, 0.15) is 15.2 Å². The van der Waals surface area contributed by atoms with Crippen LogP contribution in [0, 0.1) is 0 Å². The smallest absolute Gasteiger partial charge is 0.416 e. The molecular weight excluding hydrogens is 361 g/mol. The Kier molecular flexibility index (Phi) is 4.05. The van der Waals surface area contributed by atoms with Crippen molar-refractivity contribution >= 4 is 33.2 Å². The maximum absolute atomic E-state index is 12.5. The van der Waals surface area contributed by atoms with Gasteiger partial charge in [-0.25, -0.2) is 4.79 Å². The fraction of sp³-hybridized carbons (Fsp3) is 0.0833. The monoisotopic (exact) mass is 366 g/mol. The predicted octanol–water partition coefficient (Wildman–Crippen LogP) is 5.02. The molecule has 0 radical (unpaired) electrons. The van der Waals surface area contributed by atoms with E-state index in [2.05, 4.69) is 15.9 Å². The molecule has 0 saturated carbocycles. The Morgan fingerprint density at radius 3 is 2.50 bits per heavy atom. The number of carboxylic acid groups (broad SMARTS) is 1. The second kappa shape index (κ2) is 5.45. The molecule has 0 aliphatic carbocycles. The standard InChI is InChI=1S/C12H6BrF3O3S/c13-8-3-6(12(14,15)16)1-2-9(8)19-7-4-10(11(17)18)20-5-7/h1-5H,(H,17,18). The highest BCUT2D eigenvalue weighted by Gasteiger charge is 2.31. The van der Waals surface area contributed by atoms with E-state index in [1.165, 1.54) is 17.5 Å². The molecule has 0 aliphatic heterocycles. The Bertz CT molecular complexity index is 652. The number of ether oxygens (including phenoxy) is 1. The molecule has 20 heavy (non-hydrogen) atoms. The summed E-state index contributed by atoms with van der Waals surface area (Å²) in [4.78, 5) is 10.8. The van der Waals surface area contributed by atoms with E-state index in [4.69, 9.17) is 9.84 Å². The molecule has 0 amide bonds. The van der Waals surface area contributed by atoms with E-state index in [1.54, 1.807) is 0 Å². The summed E-state index contributed by atoms with van der Waals surface area (Å²) >= 11 is 3.97. The third-order valence-electron chi connectivity index (χ3n) is 2.27. The second-order valence-corrected chi connectivity index (χ2v) is 5.46. The van der Waals surface area contributed by atoms with E-state index in [0.717, 1.165) is 23.5 Å². The van der Waals surface area contributed by atoms with Crippen molar-refractivity contribution in [3.05, 3.63) is 44.6 Å². The lowest BCUT2D eigenvalue weighted by Gasteiger charge is -2.10. The number of alkyl halides is 3. The molecule has 1 heterocycles. The summed E-state index contributed by atoms with van der Waals surface area (Å²) in [6.07, 6.45) is -4.43. The van der Waals surface area contributed by atoms with Gasteiger partial charge in [0.05, 0.1) is 10.0 Å². The molecule has 1 aromatic carbocycles. The maximum atomic E-state index is 12.5. The Morgan fingerprint density at radius 2 is 2.00 bits per heavy atom. The SMILES string of the molecule is O=C(O)c1cc(Oc2ccc(C(F)(F)F)cc2Br)cs1. The maximum Gasteiger partial charge on any atom is 0.416 e. The van der Waals surface area contributed by atoms with Crippen LogP contribution >= 0.6 is 27.3 Å². The van der Waals surface area contributed by atoms with Gasteiger partial charge in [-0.1, -0.05) is 0 Å². The van der Waals surface area contributed by atoms with Crippen LogP contribution in [0.3, 0.4) is 0 Å². The number of carboxylic acids is 1. The molecule has 2 rings (SSSR count). The number of benzene rings is 1. The summed E-state index contributed by atoms with van der Waals surface area (Å²) in [6.45, 7) is 0. The summed E-state index contributed by atoms with van der Waals surface area (Å²) in [6, 6.07) is 4.27. The summed E-state index contributed by atoms with van der Waals surface area (Å²) in [7, 11) is 0. The van der Waals surface area contributed by atoms with Crippen LogP contribution in [0.4, 0.5) is 13.2 Å². The van der Waals surface area contributed by atoms with Gasteiger partial charge in [0.15, 0.2) is 0 Å². The van der Waals surface area contributed by atoms with Gasteiger partial charge in [-0.3, -0.25) is 0 Å². The van der Waals surface area contributed by atoms with Crippen molar-refractivity contribution in [3.8, 4) is 11.5 Å². The number of aromatic carboxylic acids is 1. The molecule has 3 nitrogen and oxygen atoms in total. The predicted molar refractivity (Wildman–Crippen MR) is 70.5 cm³/mol. The Morgan fingerprint density at radius 1 is 1.30 bits per heavy atom. The molecule has 0 fully saturated rings. The van der Waals surface area contributed by atoms with Crippen LogP contribution in [0.25, 0.3) is 0 Å². The molecule has 0 bridgehead atoms. The highest BCUT2D eigenvalue weighted by molar-refractivity contribution is 9.10. The minimum absolute atomic E-state index is 0.0861. The lowest BCUT2D eigenvalue weighted by molar-refractivity contribution is -0.137. The van der Waals surface area contributed by atoms with E-state index < -0.39 is 17.7 Å². The largest absolute Gasteiger partial charge is 0.477 e. The van der Waals surface area contributed by atoms with Crippen molar-refractivity contribution in [1.82, 2.24) is 0 Å². The van der Waals surface area contributed by atoms with Crippen LogP contribution in [-0.4, -0.2) is 11.1 Å². The third kappa shape index (κ3) is 3.31. The molecule has 2 aromatic rings. The van der Waals surface area contributed by atoms with Gasteiger partial charge in [0.1, 0.15) is 16.4 Å². The molecule has 0 spiro atoms. The zero-order chi connectivity index (χ0) is 14.9. The summed E-state index contributed by atoms with van der Waals surface area (Å²) in [5.41, 5.74) is -0.798. The summed E-state index contributed by atoms with van der Waals surface area (Å²) in [5, 5.41) is 10.2. The van der Waals surface area contributed by atoms with E-state index in [9.17, 15) is 18.0 Å². The molecule has 0 unspecified atom stereocenters. The zero-order valence-electron chi connectivity index (χ0n) is 9.57. The minimum Gasteiger partial charge on any atom is -0.477 e. The van der Waals surface area contributed by atoms with Gasteiger partial charge >= 0.3 is 12.1 Å². The Hall–Kier alpha value is -1.54. The molecule has 0 atom stereocenters. The summed E-state index contributed by atoms with van der Waals surface area (Å²) < 4.78 is 43.0.